The second kappa shape index (κ2) is 6.34. The van der Waals surface area contributed by atoms with Crippen molar-refractivity contribution in [3.05, 3.63) is 18.2 Å². The Balaban J connectivity index is 2.31. The summed E-state index contributed by atoms with van der Waals surface area (Å²) in [6, 6.07) is 4.78. The molecule has 0 aliphatic carbocycles. The molecule has 7 heteroatoms. The van der Waals surface area contributed by atoms with Crippen molar-refractivity contribution in [1.29, 1.82) is 0 Å². The highest BCUT2D eigenvalue weighted by molar-refractivity contribution is 5.56. The maximum atomic E-state index is 11.8. The molecule has 1 rings (SSSR count). The van der Waals surface area contributed by atoms with Gasteiger partial charge >= 0.3 is 6.18 Å². The molecule has 0 unspecified atom stereocenters. The zero-order chi connectivity index (χ0) is 13.6. The molecule has 18 heavy (non-hydrogen) atoms. The minimum atomic E-state index is -4.32. The van der Waals surface area contributed by atoms with E-state index in [1.165, 1.54) is 7.11 Å². The Morgan fingerprint density at radius 1 is 1.22 bits per heavy atom. The molecule has 0 saturated carbocycles. The summed E-state index contributed by atoms with van der Waals surface area (Å²) < 4.78 is 49.8. The number of alkyl halides is 3. The highest BCUT2D eigenvalue weighted by Gasteiger charge is 2.27. The highest BCUT2D eigenvalue weighted by atomic mass is 19.4. The van der Waals surface area contributed by atoms with E-state index in [1.54, 1.807) is 18.2 Å². The standard InChI is InChI=1S/C11H14F3NO3/c1-16-8-2-3-10(9(15)6-8)18-5-4-17-7-11(12,13)14/h2-3,6H,4-5,7,15H2,1H3. The second-order valence-corrected chi connectivity index (χ2v) is 3.42. The largest absolute Gasteiger partial charge is 0.497 e. The van der Waals surface area contributed by atoms with E-state index < -0.39 is 12.8 Å². The molecule has 2 N–H and O–H groups in total. The molecule has 0 aliphatic rings. The Morgan fingerprint density at radius 3 is 2.50 bits per heavy atom. The lowest BCUT2D eigenvalue weighted by Gasteiger charge is -2.11. The molecule has 0 amide bonds. The molecule has 1 aromatic rings. The average Bonchev–Trinajstić information content (AvgIpc) is 2.29. The topological polar surface area (TPSA) is 53.7 Å². The number of hydrogen-bond acceptors (Lipinski definition) is 4. The van der Waals surface area contributed by atoms with Crippen molar-refractivity contribution in [3.63, 3.8) is 0 Å². The van der Waals surface area contributed by atoms with Crippen LogP contribution in [0, 0.1) is 0 Å². The smallest absolute Gasteiger partial charge is 0.411 e. The Hall–Kier alpha value is -1.63. The van der Waals surface area contributed by atoms with Gasteiger partial charge in [-0.25, -0.2) is 0 Å². The first-order valence-electron chi connectivity index (χ1n) is 5.13. The molecule has 0 saturated heterocycles. The van der Waals surface area contributed by atoms with Gasteiger partial charge in [-0.15, -0.1) is 0 Å². The summed E-state index contributed by atoms with van der Waals surface area (Å²) >= 11 is 0. The number of nitrogen functional groups attached to an aromatic ring is 1. The van der Waals surface area contributed by atoms with Crippen molar-refractivity contribution in [1.82, 2.24) is 0 Å². The van der Waals surface area contributed by atoms with Crippen molar-refractivity contribution < 1.29 is 27.4 Å². The van der Waals surface area contributed by atoms with Crippen molar-refractivity contribution in [2.24, 2.45) is 0 Å². The SMILES string of the molecule is COc1ccc(OCCOCC(F)(F)F)c(N)c1. The zero-order valence-corrected chi connectivity index (χ0v) is 9.79. The van der Waals surface area contributed by atoms with Crippen LogP contribution in [-0.4, -0.2) is 33.1 Å². The van der Waals surface area contributed by atoms with Crippen LogP contribution in [-0.2, 0) is 4.74 Å². The first-order chi connectivity index (χ1) is 8.42. The molecule has 0 fully saturated rings. The number of rotatable bonds is 6. The molecule has 0 heterocycles. The maximum absolute atomic E-state index is 11.8. The van der Waals surface area contributed by atoms with Gasteiger partial charge in [-0.05, 0) is 12.1 Å². The summed E-state index contributed by atoms with van der Waals surface area (Å²) in [5, 5.41) is 0. The summed E-state index contributed by atoms with van der Waals surface area (Å²) in [6.07, 6.45) is -4.32. The number of methoxy groups -OCH3 is 1. The Bertz CT molecular complexity index is 382. The van der Waals surface area contributed by atoms with Gasteiger partial charge in [-0.1, -0.05) is 0 Å². The van der Waals surface area contributed by atoms with E-state index >= 15 is 0 Å². The van der Waals surface area contributed by atoms with Gasteiger partial charge < -0.3 is 19.9 Å². The monoisotopic (exact) mass is 265 g/mol. The van der Waals surface area contributed by atoms with Gasteiger partial charge in [0, 0.05) is 6.07 Å². The van der Waals surface area contributed by atoms with Crippen LogP contribution >= 0.6 is 0 Å². The summed E-state index contributed by atoms with van der Waals surface area (Å²) in [5.41, 5.74) is 6.01. The van der Waals surface area contributed by atoms with Crippen LogP contribution < -0.4 is 15.2 Å². The van der Waals surface area contributed by atoms with Crippen LogP contribution in [0.25, 0.3) is 0 Å². The molecule has 0 atom stereocenters. The molecule has 0 aromatic heterocycles. The van der Waals surface area contributed by atoms with Gasteiger partial charge in [-0.2, -0.15) is 13.2 Å². The average molecular weight is 265 g/mol. The Morgan fingerprint density at radius 2 is 1.94 bits per heavy atom. The lowest BCUT2D eigenvalue weighted by atomic mass is 10.3. The van der Waals surface area contributed by atoms with E-state index in [0.29, 0.717) is 17.2 Å². The predicted molar refractivity (Wildman–Crippen MR) is 59.8 cm³/mol. The summed E-state index contributed by atoms with van der Waals surface area (Å²) in [5.74, 6) is 0.958. The molecule has 1 aromatic carbocycles. The molecule has 0 radical (unpaired) electrons. The zero-order valence-electron chi connectivity index (χ0n) is 9.79. The molecule has 0 bridgehead atoms. The summed E-state index contributed by atoms with van der Waals surface area (Å²) in [6.45, 7) is -1.45. The summed E-state index contributed by atoms with van der Waals surface area (Å²) in [7, 11) is 1.50. The van der Waals surface area contributed by atoms with Crippen LogP contribution in [0.4, 0.5) is 18.9 Å². The van der Waals surface area contributed by atoms with Gasteiger partial charge in [0.2, 0.25) is 0 Å². The van der Waals surface area contributed by atoms with Crippen molar-refractivity contribution in [2.45, 2.75) is 6.18 Å². The fourth-order valence-electron chi connectivity index (χ4n) is 1.18. The van der Waals surface area contributed by atoms with Gasteiger partial charge in [0.05, 0.1) is 19.4 Å². The van der Waals surface area contributed by atoms with E-state index in [1.807, 2.05) is 0 Å². The van der Waals surface area contributed by atoms with Crippen LogP contribution in [0.15, 0.2) is 18.2 Å². The minimum absolute atomic E-state index is 0.00733. The highest BCUT2D eigenvalue weighted by Crippen LogP contribution is 2.26. The number of anilines is 1. The fourth-order valence-corrected chi connectivity index (χ4v) is 1.18. The van der Waals surface area contributed by atoms with Gasteiger partial charge in [-0.3, -0.25) is 0 Å². The van der Waals surface area contributed by atoms with E-state index in [4.69, 9.17) is 15.2 Å². The lowest BCUT2D eigenvalue weighted by Crippen LogP contribution is -2.19. The van der Waals surface area contributed by atoms with E-state index in [9.17, 15) is 13.2 Å². The fraction of sp³-hybridized carbons (Fsp3) is 0.455. The van der Waals surface area contributed by atoms with Crippen molar-refractivity contribution in [3.8, 4) is 11.5 Å². The first-order valence-corrected chi connectivity index (χ1v) is 5.13. The number of nitrogens with two attached hydrogens (primary N) is 1. The van der Waals surface area contributed by atoms with Gasteiger partial charge in [0.1, 0.15) is 24.7 Å². The molecule has 4 nitrogen and oxygen atoms in total. The summed E-state index contributed by atoms with van der Waals surface area (Å²) in [4.78, 5) is 0. The van der Waals surface area contributed by atoms with E-state index in [2.05, 4.69) is 4.74 Å². The van der Waals surface area contributed by atoms with Crippen LogP contribution in [0.5, 0.6) is 11.5 Å². The third-order valence-electron chi connectivity index (χ3n) is 1.97. The Labute approximate surface area is 102 Å². The number of ether oxygens (including phenoxy) is 3. The first kappa shape index (κ1) is 14.4. The van der Waals surface area contributed by atoms with Crippen LogP contribution in [0.1, 0.15) is 0 Å². The lowest BCUT2D eigenvalue weighted by molar-refractivity contribution is -0.175. The van der Waals surface area contributed by atoms with Crippen molar-refractivity contribution in [2.75, 3.05) is 32.7 Å². The molecular formula is C11H14F3NO3. The maximum Gasteiger partial charge on any atom is 0.411 e. The van der Waals surface area contributed by atoms with Crippen LogP contribution in [0.2, 0.25) is 0 Å². The number of benzene rings is 1. The van der Waals surface area contributed by atoms with Crippen LogP contribution in [0.3, 0.4) is 0 Å². The van der Waals surface area contributed by atoms with Gasteiger partial charge in [0.25, 0.3) is 0 Å². The third-order valence-corrected chi connectivity index (χ3v) is 1.97. The quantitative estimate of drug-likeness (QED) is 0.633. The Kier molecular flexibility index (Phi) is 5.08. The van der Waals surface area contributed by atoms with Crippen molar-refractivity contribution >= 4 is 5.69 Å². The molecule has 0 aliphatic heterocycles. The molecule has 102 valence electrons. The predicted octanol–water partition coefficient (Wildman–Crippen LogP) is 2.24. The van der Waals surface area contributed by atoms with Gasteiger partial charge in [0.15, 0.2) is 0 Å². The molecular weight excluding hydrogens is 251 g/mol. The number of halogens is 3. The van der Waals surface area contributed by atoms with E-state index in [-0.39, 0.29) is 13.2 Å². The molecule has 0 spiro atoms. The minimum Gasteiger partial charge on any atom is -0.497 e. The normalized spacial score (nSPS) is 11.3. The van der Waals surface area contributed by atoms with E-state index in [0.717, 1.165) is 0 Å². The second-order valence-electron chi connectivity index (χ2n) is 3.42. The number of hydrogen-bond donors (Lipinski definition) is 1. The third kappa shape index (κ3) is 5.13.